The summed E-state index contributed by atoms with van der Waals surface area (Å²) >= 11 is 0. The highest BCUT2D eigenvalue weighted by Gasteiger charge is 2.23. The lowest BCUT2D eigenvalue weighted by Crippen LogP contribution is -2.44. The molecule has 0 aliphatic carbocycles. The molecule has 0 saturated heterocycles. The maximum absolute atomic E-state index is 12.6. The van der Waals surface area contributed by atoms with Crippen molar-refractivity contribution in [2.45, 2.75) is 180 Å². The Morgan fingerprint density at radius 3 is 1.30 bits per heavy atom. The van der Waals surface area contributed by atoms with E-state index in [0.717, 1.165) is 32.1 Å². The summed E-state index contributed by atoms with van der Waals surface area (Å²) in [6.45, 7) is 4.65. The molecule has 37 heavy (non-hydrogen) atoms. The van der Waals surface area contributed by atoms with Crippen LogP contribution in [-0.2, 0) is 4.79 Å². The molecule has 0 saturated carbocycles. The van der Waals surface area contributed by atoms with E-state index in [2.05, 4.69) is 13.8 Å². The number of aliphatic hydroxyl groups is 3. The average molecular weight is 528 g/mol. The zero-order valence-corrected chi connectivity index (χ0v) is 24.9. The summed E-state index contributed by atoms with van der Waals surface area (Å²) in [5, 5.41) is 29.2. The standard InChI is InChI=1S/C32H65NO4/c1-3-5-7-8-9-10-11-12-13-14-15-16-17-18-19-20-21-22-23-25-27-33(28-30(35)29-34)32(37)31(36)26-24-6-4-2/h30-31,34-36H,3-29H2,1-2H3. The lowest BCUT2D eigenvalue weighted by Gasteiger charge is -2.27. The Morgan fingerprint density at radius 2 is 0.919 bits per heavy atom. The van der Waals surface area contributed by atoms with Crippen LogP contribution in [0.1, 0.15) is 168 Å². The van der Waals surface area contributed by atoms with E-state index in [1.54, 1.807) is 4.90 Å². The molecule has 0 spiro atoms. The summed E-state index contributed by atoms with van der Waals surface area (Å²) in [6.07, 6.45) is 28.1. The molecule has 0 fully saturated rings. The van der Waals surface area contributed by atoms with Crippen molar-refractivity contribution in [1.29, 1.82) is 0 Å². The first-order valence-corrected chi connectivity index (χ1v) is 16.3. The van der Waals surface area contributed by atoms with Crippen molar-refractivity contribution in [1.82, 2.24) is 4.90 Å². The van der Waals surface area contributed by atoms with Crippen LogP contribution in [0, 0.1) is 0 Å². The van der Waals surface area contributed by atoms with Crippen molar-refractivity contribution >= 4 is 5.91 Å². The van der Waals surface area contributed by atoms with Crippen LogP contribution in [0.25, 0.3) is 0 Å². The van der Waals surface area contributed by atoms with Crippen LogP contribution in [0.15, 0.2) is 0 Å². The molecule has 0 aromatic carbocycles. The molecule has 0 aromatic heterocycles. The summed E-state index contributed by atoms with van der Waals surface area (Å²) in [6, 6.07) is 0. The van der Waals surface area contributed by atoms with E-state index < -0.39 is 12.2 Å². The Morgan fingerprint density at radius 1 is 0.568 bits per heavy atom. The van der Waals surface area contributed by atoms with E-state index in [4.69, 9.17) is 5.11 Å². The highest BCUT2D eigenvalue weighted by molar-refractivity contribution is 5.80. The Kier molecular flexibility index (Phi) is 27.9. The van der Waals surface area contributed by atoms with Gasteiger partial charge >= 0.3 is 0 Å². The van der Waals surface area contributed by atoms with Crippen molar-refractivity contribution in [3.63, 3.8) is 0 Å². The van der Waals surface area contributed by atoms with Gasteiger partial charge in [-0.1, -0.05) is 155 Å². The second kappa shape index (κ2) is 28.4. The summed E-state index contributed by atoms with van der Waals surface area (Å²) in [5.41, 5.74) is 0. The molecule has 0 bridgehead atoms. The number of nitrogens with zero attached hydrogens (tertiary/aromatic N) is 1. The highest BCUT2D eigenvalue weighted by Crippen LogP contribution is 2.15. The van der Waals surface area contributed by atoms with E-state index in [1.807, 2.05) is 0 Å². The van der Waals surface area contributed by atoms with Crippen LogP contribution in [0.4, 0.5) is 0 Å². The molecule has 0 aromatic rings. The normalized spacial score (nSPS) is 13.1. The van der Waals surface area contributed by atoms with Gasteiger partial charge in [0.25, 0.3) is 5.91 Å². The predicted molar refractivity (Wildman–Crippen MR) is 158 cm³/mol. The largest absolute Gasteiger partial charge is 0.394 e. The number of carbonyl (C=O) groups excluding carboxylic acids is 1. The third kappa shape index (κ3) is 24.1. The second-order valence-corrected chi connectivity index (χ2v) is 11.3. The predicted octanol–water partition coefficient (Wildman–Crippen LogP) is 7.93. The molecule has 0 aliphatic rings. The van der Waals surface area contributed by atoms with E-state index in [0.29, 0.717) is 13.0 Å². The molecule has 0 heterocycles. The summed E-state index contributed by atoms with van der Waals surface area (Å²) < 4.78 is 0. The van der Waals surface area contributed by atoms with E-state index in [9.17, 15) is 15.0 Å². The van der Waals surface area contributed by atoms with Gasteiger partial charge in [-0.25, -0.2) is 0 Å². The van der Waals surface area contributed by atoms with Crippen LogP contribution in [0.2, 0.25) is 0 Å². The van der Waals surface area contributed by atoms with Gasteiger partial charge in [-0.15, -0.1) is 0 Å². The molecule has 2 atom stereocenters. The van der Waals surface area contributed by atoms with Gasteiger partial charge in [-0.05, 0) is 12.8 Å². The van der Waals surface area contributed by atoms with Crippen molar-refractivity contribution in [2.24, 2.45) is 0 Å². The Balaban J connectivity index is 3.64. The first-order valence-electron chi connectivity index (χ1n) is 16.3. The average Bonchev–Trinajstić information content (AvgIpc) is 2.90. The Bertz CT molecular complexity index is 474. The zero-order chi connectivity index (χ0) is 27.4. The monoisotopic (exact) mass is 527 g/mol. The number of hydrogen-bond acceptors (Lipinski definition) is 4. The number of aliphatic hydroxyl groups excluding tert-OH is 3. The van der Waals surface area contributed by atoms with Crippen molar-refractivity contribution in [2.75, 3.05) is 19.7 Å². The zero-order valence-electron chi connectivity index (χ0n) is 24.9. The van der Waals surface area contributed by atoms with Gasteiger partial charge in [0.1, 0.15) is 6.10 Å². The molecule has 0 aliphatic heterocycles. The van der Waals surface area contributed by atoms with Crippen LogP contribution in [0.5, 0.6) is 0 Å². The topological polar surface area (TPSA) is 81.0 Å². The minimum Gasteiger partial charge on any atom is -0.394 e. The maximum Gasteiger partial charge on any atom is 0.251 e. The van der Waals surface area contributed by atoms with Crippen LogP contribution in [0.3, 0.4) is 0 Å². The molecule has 1 amide bonds. The lowest BCUT2D eigenvalue weighted by atomic mass is 10.0. The Hall–Kier alpha value is -0.650. The van der Waals surface area contributed by atoms with Gasteiger partial charge in [0, 0.05) is 13.1 Å². The van der Waals surface area contributed by atoms with Crippen LogP contribution < -0.4 is 0 Å². The third-order valence-corrected chi connectivity index (χ3v) is 7.60. The third-order valence-electron chi connectivity index (χ3n) is 7.60. The minimum atomic E-state index is -0.998. The fraction of sp³-hybridized carbons (Fsp3) is 0.969. The van der Waals surface area contributed by atoms with E-state index in [1.165, 1.54) is 116 Å². The van der Waals surface area contributed by atoms with E-state index >= 15 is 0 Å². The molecular weight excluding hydrogens is 462 g/mol. The number of unbranched alkanes of at least 4 members (excludes halogenated alkanes) is 21. The molecule has 3 N–H and O–H groups in total. The maximum atomic E-state index is 12.6. The number of hydrogen-bond donors (Lipinski definition) is 3. The number of amides is 1. The van der Waals surface area contributed by atoms with Gasteiger partial charge < -0.3 is 20.2 Å². The smallest absolute Gasteiger partial charge is 0.251 e. The Labute approximate surface area is 230 Å². The van der Waals surface area contributed by atoms with Crippen LogP contribution in [-0.4, -0.2) is 58.0 Å². The van der Waals surface area contributed by atoms with Gasteiger partial charge in [-0.2, -0.15) is 0 Å². The SMILES string of the molecule is CCCCCCCCCCCCCCCCCCCCCCN(CC(O)CO)C(=O)C(O)CCCCC. The van der Waals surface area contributed by atoms with Gasteiger partial charge in [0.05, 0.1) is 12.7 Å². The van der Waals surface area contributed by atoms with Crippen molar-refractivity contribution in [3.8, 4) is 0 Å². The van der Waals surface area contributed by atoms with Crippen molar-refractivity contribution in [3.05, 3.63) is 0 Å². The van der Waals surface area contributed by atoms with E-state index in [-0.39, 0.29) is 19.1 Å². The lowest BCUT2D eigenvalue weighted by molar-refractivity contribution is -0.142. The van der Waals surface area contributed by atoms with Crippen molar-refractivity contribution < 1.29 is 20.1 Å². The summed E-state index contributed by atoms with van der Waals surface area (Å²) in [7, 11) is 0. The second-order valence-electron chi connectivity index (χ2n) is 11.3. The first kappa shape index (κ1) is 36.4. The molecule has 5 nitrogen and oxygen atoms in total. The summed E-state index contributed by atoms with van der Waals surface area (Å²) in [4.78, 5) is 14.2. The molecule has 0 radical (unpaired) electrons. The number of rotatable bonds is 29. The molecule has 0 rings (SSSR count). The van der Waals surface area contributed by atoms with Crippen LogP contribution >= 0.6 is 0 Å². The fourth-order valence-corrected chi connectivity index (χ4v) is 5.08. The molecular formula is C32H65NO4. The first-order chi connectivity index (χ1) is 18.1. The number of carbonyl (C=O) groups is 1. The quantitative estimate of drug-likeness (QED) is 0.0863. The van der Waals surface area contributed by atoms with Gasteiger partial charge in [0.2, 0.25) is 0 Å². The molecule has 2 unspecified atom stereocenters. The molecule has 222 valence electrons. The minimum absolute atomic E-state index is 0.0965. The van der Waals surface area contributed by atoms with Gasteiger partial charge in [0.15, 0.2) is 0 Å². The highest BCUT2D eigenvalue weighted by atomic mass is 16.3. The van der Waals surface area contributed by atoms with Gasteiger partial charge in [-0.3, -0.25) is 4.79 Å². The fourth-order valence-electron chi connectivity index (χ4n) is 5.08. The molecule has 5 heteroatoms. The summed E-state index contributed by atoms with van der Waals surface area (Å²) in [5.74, 6) is -0.304.